The summed E-state index contributed by atoms with van der Waals surface area (Å²) in [5.74, 6) is -3.53. The number of thioether (sulfide) groups is 1. The molecule has 12 nitrogen and oxygen atoms in total. The van der Waals surface area contributed by atoms with Crippen molar-refractivity contribution in [3.8, 4) is 0 Å². The number of β-lactam (4-membered cyclic amide) rings is 1. The highest BCUT2D eigenvalue weighted by Gasteiger charge is 2.59. The number of ether oxygens (including phenoxy) is 3. The second-order valence-electron chi connectivity index (χ2n) is 13.7. The van der Waals surface area contributed by atoms with Crippen LogP contribution in [0.4, 0.5) is 4.79 Å². The average molecular weight is 715 g/mol. The maximum atomic E-state index is 14.4. The number of esters is 2. The molecule has 0 saturated carbocycles. The van der Waals surface area contributed by atoms with Crippen LogP contribution in [-0.2, 0) is 33.4 Å². The molecule has 2 aromatic rings. The van der Waals surface area contributed by atoms with Crippen LogP contribution in [0.25, 0.3) is 0 Å². The number of rotatable bonds is 9. The zero-order valence-corrected chi connectivity index (χ0v) is 29.7. The number of hydrogen-bond acceptors (Lipinski definition) is 10. The number of amides is 3. The van der Waals surface area contributed by atoms with Crippen LogP contribution in [0.3, 0.4) is 0 Å². The largest absolute Gasteiger partial charge is 0.459 e. The van der Waals surface area contributed by atoms with Crippen LogP contribution in [-0.4, -0.2) is 93.2 Å². The molecule has 0 spiro atoms. The summed E-state index contributed by atoms with van der Waals surface area (Å²) in [6.45, 7) is 10.0. The molecule has 0 radical (unpaired) electrons. The van der Waals surface area contributed by atoms with E-state index in [0.29, 0.717) is 49.2 Å². The van der Waals surface area contributed by atoms with Crippen molar-refractivity contribution in [2.45, 2.75) is 62.1 Å². The molecule has 3 saturated heterocycles. The maximum Gasteiger partial charge on any atom is 0.410 e. The van der Waals surface area contributed by atoms with Crippen LogP contribution in [0.5, 0.6) is 0 Å². The molecule has 51 heavy (non-hydrogen) atoms. The van der Waals surface area contributed by atoms with E-state index in [2.05, 4.69) is 6.58 Å². The van der Waals surface area contributed by atoms with E-state index in [-0.39, 0.29) is 29.8 Å². The van der Waals surface area contributed by atoms with Crippen LogP contribution in [0.1, 0.15) is 50.8 Å². The molecule has 0 aliphatic carbocycles. The second-order valence-corrected chi connectivity index (χ2v) is 15.0. The van der Waals surface area contributed by atoms with Crippen molar-refractivity contribution in [1.29, 1.82) is 0 Å². The number of carbonyl (C=O) groups excluding carboxylic acids is 5. The minimum atomic E-state index is -1.16. The molecule has 4 aliphatic heterocycles. The third kappa shape index (κ3) is 7.45. The van der Waals surface area contributed by atoms with Gasteiger partial charge in [-0.25, -0.2) is 9.59 Å². The second kappa shape index (κ2) is 14.8. The van der Waals surface area contributed by atoms with Crippen molar-refractivity contribution in [3.05, 3.63) is 107 Å². The van der Waals surface area contributed by atoms with Gasteiger partial charge in [0.25, 0.3) is 0 Å². The quantitative estimate of drug-likeness (QED) is 0.0997. The number of nitrogens with two attached hydrogens (primary N) is 1. The Bertz CT molecular complexity index is 1730. The highest BCUT2D eigenvalue weighted by Crippen LogP contribution is 2.48. The van der Waals surface area contributed by atoms with E-state index in [1.165, 1.54) is 11.0 Å². The van der Waals surface area contributed by atoms with Crippen LogP contribution < -0.4 is 5.73 Å². The summed E-state index contributed by atoms with van der Waals surface area (Å²) in [5.41, 5.74) is 7.88. The van der Waals surface area contributed by atoms with Crippen molar-refractivity contribution in [3.63, 3.8) is 0 Å². The van der Waals surface area contributed by atoms with Gasteiger partial charge >= 0.3 is 18.0 Å². The maximum absolute atomic E-state index is 14.4. The Kier molecular flexibility index (Phi) is 10.4. The summed E-state index contributed by atoms with van der Waals surface area (Å²) in [6, 6.07) is 18.2. The molecular formula is C38H42N4O8S. The molecule has 4 aliphatic rings. The van der Waals surface area contributed by atoms with Gasteiger partial charge in [0.15, 0.2) is 12.0 Å². The summed E-state index contributed by atoms with van der Waals surface area (Å²) in [7, 11) is 0. The van der Waals surface area contributed by atoms with Crippen LogP contribution >= 0.6 is 11.8 Å². The molecule has 4 atom stereocenters. The monoisotopic (exact) mass is 714 g/mol. The zero-order chi connectivity index (χ0) is 36.4. The van der Waals surface area contributed by atoms with Gasteiger partial charge in [0.1, 0.15) is 23.3 Å². The third-order valence-electron chi connectivity index (χ3n) is 9.11. The van der Waals surface area contributed by atoms with E-state index in [1.54, 1.807) is 36.6 Å². The van der Waals surface area contributed by atoms with Gasteiger partial charge in [-0.1, -0.05) is 73.3 Å². The lowest BCUT2D eigenvalue weighted by molar-refractivity contribution is -0.175. The molecule has 3 fully saturated rings. The zero-order valence-electron chi connectivity index (χ0n) is 28.9. The molecule has 13 heteroatoms. The van der Waals surface area contributed by atoms with Crippen LogP contribution in [0, 0.1) is 5.92 Å². The van der Waals surface area contributed by atoms with Crippen molar-refractivity contribution < 1.29 is 38.2 Å². The Morgan fingerprint density at radius 2 is 1.67 bits per heavy atom. The SMILES string of the molecule is C=CCOC(=O)N1CC[C@@H](N2CC/C(=C\C3=C(C(=O)OC(c4ccccc4)c4ccccc4)N4C(=O)[C@H](C(=O)OC(C)(C)C)[C@H]4SC3N)C2=O)C1. The highest BCUT2D eigenvalue weighted by atomic mass is 32.2. The molecule has 2 N–H and O–H groups in total. The van der Waals surface area contributed by atoms with E-state index >= 15 is 0 Å². The lowest BCUT2D eigenvalue weighted by Gasteiger charge is -2.50. The van der Waals surface area contributed by atoms with Gasteiger partial charge in [0.05, 0.1) is 11.4 Å². The molecule has 268 valence electrons. The molecule has 3 amide bonds. The standard InChI is InChI=1S/C38H42N4O8S/c1-5-20-48-37(47)40-18-17-26(22-40)41-19-16-25(32(41)43)21-27-29(42-33(44)28(34(42)51-31(27)39)35(45)50-38(2,3)4)36(46)49-30(23-12-8-6-9-13-23)24-14-10-7-11-15-24/h5-15,21,26,28,30-31,34H,1,16-20,22,39H2,2-4H3/b25-21+/t26-,28+,31?,34-/m1/s1. The topological polar surface area (TPSA) is 149 Å². The van der Waals surface area contributed by atoms with Crippen molar-refractivity contribution in [1.82, 2.24) is 14.7 Å². The predicted octanol–water partition coefficient (Wildman–Crippen LogP) is 4.29. The van der Waals surface area contributed by atoms with Gasteiger partial charge in [-0.05, 0) is 50.8 Å². The van der Waals surface area contributed by atoms with E-state index in [0.717, 1.165) is 11.8 Å². The molecule has 0 aromatic heterocycles. The van der Waals surface area contributed by atoms with E-state index in [1.807, 2.05) is 60.7 Å². The van der Waals surface area contributed by atoms with Gasteiger partial charge in [-0.15, -0.1) is 11.8 Å². The fraction of sp³-hybridized carbons (Fsp3) is 0.395. The molecule has 6 rings (SSSR count). The Labute approximate surface area is 301 Å². The molecule has 1 unspecified atom stereocenters. The normalized spacial score (nSPS) is 24.1. The minimum absolute atomic E-state index is 0.101. The Morgan fingerprint density at radius 3 is 2.27 bits per heavy atom. The molecule has 0 bridgehead atoms. The molecular weight excluding hydrogens is 673 g/mol. The number of likely N-dealkylation sites (tertiary alicyclic amines) is 2. The number of hydrogen-bond donors (Lipinski definition) is 1. The van der Waals surface area contributed by atoms with Crippen molar-refractivity contribution in [2.24, 2.45) is 11.7 Å². The van der Waals surface area contributed by atoms with Gasteiger partial charge in [-0.2, -0.15) is 0 Å². The number of benzene rings is 2. The first kappa shape index (κ1) is 35.9. The minimum Gasteiger partial charge on any atom is -0.459 e. The van der Waals surface area contributed by atoms with E-state index in [9.17, 15) is 24.0 Å². The lowest BCUT2D eigenvalue weighted by atomic mass is 9.94. The van der Waals surface area contributed by atoms with Crippen LogP contribution in [0.15, 0.2) is 96.2 Å². The first-order valence-corrected chi connectivity index (χ1v) is 17.9. The molecule has 4 heterocycles. The van der Waals surface area contributed by atoms with Crippen molar-refractivity contribution in [2.75, 3.05) is 26.2 Å². The third-order valence-corrected chi connectivity index (χ3v) is 10.4. The fourth-order valence-electron chi connectivity index (χ4n) is 6.72. The van der Waals surface area contributed by atoms with Gasteiger partial charge < -0.3 is 29.7 Å². The summed E-state index contributed by atoms with van der Waals surface area (Å²) in [5, 5.41) is -1.69. The van der Waals surface area contributed by atoms with E-state index in [4.69, 9.17) is 19.9 Å². The number of nitrogens with zero attached hydrogens (tertiary/aromatic N) is 3. The lowest BCUT2D eigenvalue weighted by Crippen LogP contribution is -2.66. The van der Waals surface area contributed by atoms with Crippen molar-refractivity contribution >= 4 is 41.6 Å². The Morgan fingerprint density at radius 1 is 1.02 bits per heavy atom. The van der Waals surface area contributed by atoms with Gasteiger partial charge in [-0.3, -0.25) is 19.3 Å². The molecule has 2 aromatic carbocycles. The van der Waals surface area contributed by atoms with Crippen LogP contribution in [0.2, 0.25) is 0 Å². The predicted molar refractivity (Wildman–Crippen MR) is 189 cm³/mol. The van der Waals surface area contributed by atoms with Gasteiger partial charge in [0.2, 0.25) is 11.8 Å². The van der Waals surface area contributed by atoms with E-state index < -0.39 is 52.3 Å². The summed E-state index contributed by atoms with van der Waals surface area (Å²) < 4.78 is 16.9. The summed E-state index contributed by atoms with van der Waals surface area (Å²) in [4.78, 5) is 72.1. The Balaban J connectivity index is 1.33. The number of fused-ring (bicyclic) bond motifs is 1. The van der Waals surface area contributed by atoms with Gasteiger partial charge in [0, 0.05) is 30.8 Å². The first-order chi connectivity index (χ1) is 24.4. The number of carbonyl (C=O) groups is 5. The first-order valence-electron chi connectivity index (χ1n) is 16.9. The highest BCUT2D eigenvalue weighted by molar-refractivity contribution is 8.00. The Hall–Kier alpha value is -4.88. The average Bonchev–Trinajstić information content (AvgIpc) is 3.73. The summed E-state index contributed by atoms with van der Waals surface area (Å²) >= 11 is 1.15. The smallest absolute Gasteiger partial charge is 0.410 e. The fourth-order valence-corrected chi connectivity index (χ4v) is 8.06. The summed E-state index contributed by atoms with van der Waals surface area (Å²) in [6.07, 6.45) is 2.77.